The van der Waals surface area contributed by atoms with Gasteiger partial charge >= 0.3 is 6.03 Å². The molecule has 0 radical (unpaired) electrons. The average molecular weight is 385 g/mol. The zero-order chi connectivity index (χ0) is 19.7. The van der Waals surface area contributed by atoms with Gasteiger partial charge < -0.3 is 15.5 Å². The van der Waals surface area contributed by atoms with Crippen LogP contribution in [0.15, 0.2) is 36.4 Å². The zero-order valence-electron chi connectivity index (χ0n) is 15.3. The summed E-state index contributed by atoms with van der Waals surface area (Å²) in [7, 11) is 0. The number of rotatable bonds is 2. The van der Waals surface area contributed by atoms with Gasteiger partial charge in [-0.3, -0.25) is 4.79 Å². The number of fused-ring (bicyclic) bond motifs is 1. The molecule has 1 fully saturated rings. The molecule has 0 spiro atoms. The van der Waals surface area contributed by atoms with Crippen LogP contribution in [0.3, 0.4) is 0 Å². The van der Waals surface area contributed by atoms with Crippen LogP contribution in [0.4, 0.5) is 25.0 Å². The molecule has 7 heteroatoms. The summed E-state index contributed by atoms with van der Waals surface area (Å²) in [4.78, 5) is 25.9. The number of hydrogen-bond donors (Lipinski definition) is 2. The average Bonchev–Trinajstić information content (AvgIpc) is 2.69. The number of urea groups is 1. The molecule has 0 aliphatic carbocycles. The van der Waals surface area contributed by atoms with Gasteiger partial charge in [-0.25, -0.2) is 13.6 Å². The van der Waals surface area contributed by atoms with Crippen molar-refractivity contribution in [2.75, 3.05) is 23.7 Å². The second kappa shape index (κ2) is 7.58. The lowest BCUT2D eigenvalue weighted by molar-refractivity contribution is -0.116. The van der Waals surface area contributed by atoms with E-state index in [2.05, 4.69) is 10.6 Å². The molecule has 2 aromatic carbocycles. The van der Waals surface area contributed by atoms with Crippen molar-refractivity contribution in [1.29, 1.82) is 0 Å². The number of anilines is 2. The first-order valence-corrected chi connectivity index (χ1v) is 9.43. The van der Waals surface area contributed by atoms with Gasteiger partial charge in [-0.1, -0.05) is 6.07 Å². The van der Waals surface area contributed by atoms with Crippen molar-refractivity contribution in [2.24, 2.45) is 0 Å². The summed E-state index contributed by atoms with van der Waals surface area (Å²) in [5.41, 5.74) is 2.66. The van der Waals surface area contributed by atoms with Gasteiger partial charge in [0.25, 0.3) is 0 Å². The Labute approximate surface area is 161 Å². The van der Waals surface area contributed by atoms with Crippen molar-refractivity contribution in [3.8, 4) is 0 Å². The fraction of sp³-hybridized carbons (Fsp3) is 0.333. The SMILES string of the molecule is O=C1CCc2ccc(NC(=O)N3CCCC(c4cc(F)ccc4F)C3)cc2N1. The fourth-order valence-electron chi connectivity index (χ4n) is 3.89. The van der Waals surface area contributed by atoms with Crippen LogP contribution in [-0.2, 0) is 11.2 Å². The Balaban J connectivity index is 1.45. The lowest BCUT2D eigenvalue weighted by Crippen LogP contribution is -2.41. The summed E-state index contributed by atoms with van der Waals surface area (Å²) >= 11 is 0. The first kappa shape index (κ1) is 18.4. The van der Waals surface area contributed by atoms with E-state index in [0.29, 0.717) is 55.7 Å². The van der Waals surface area contributed by atoms with Gasteiger partial charge in [-0.15, -0.1) is 0 Å². The van der Waals surface area contributed by atoms with Crippen molar-refractivity contribution >= 4 is 23.3 Å². The first-order valence-electron chi connectivity index (χ1n) is 9.43. The molecule has 28 heavy (non-hydrogen) atoms. The largest absolute Gasteiger partial charge is 0.326 e. The molecule has 4 rings (SSSR count). The van der Waals surface area contributed by atoms with Crippen LogP contribution in [0.5, 0.6) is 0 Å². The van der Waals surface area contributed by atoms with Gasteiger partial charge in [-0.05, 0) is 60.7 Å². The highest BCUT2D eigenvalue weighted by atomic mass is 19.1. The summed E-state index contributed by atoms with van der Waals surface area (Å²) in [6, 6.07) is 8.61. The van der Waals surface area contributed by atoms with E-state index in [-0.39, 0.29) is 17.9 Å². The second-order valence-corrected chi connectivity index (χ2v) is 7.30. The van der Waals surface area contributed by atoms with Gasteiger partial charge in [0.15, 0.2) is 0 Å². The third-order valence-electron chi connectivity index (χ3n) is 5.36. The van der Waals surface area contributed by atoms with Crippen LogP contribution in [0.1, 0.15) is 36.3 Å². The Bertz CT molecular complexity index is 932. The molecule has 2 heterocycles. The Morgan fingerprint density at radius 3 is 2.86 bits per heavy atom. The second-order valence-electron chi connectivity index (χ2n) is 7.30. The maximum absolute atomic E-state index is 14.1. The fourth-order valence-corrected chi connectivity index (χ4v) is 3.89. The van der Waals surface area contributed by atoms with Gasteiger partial charge in [0.2, 0.25) is 5.91 Å². The van der Waals surface area contributed by atoms with Crippen LogP contribution in [0, 0.1) is 11.6 Å². The van der Waals surface area contributed by atoms with E-state index in [1.807, 2.05) is 12.1 Å². The molecule has 0 bridgehead atoms. The number of benzene rings is 2. The summed E-state index contributed by atoms with van der Waals surface area (Å²) in [5.74, 6) is -1.20. The molecule has 2 N–H and O–H groups in total. The number of carbonyl (C=O) groups is 2. The number of piperidine rings is 1. The molecule has 5 nitrogen and oxygen atoms in total. The van der Waals surface area contributed by atoms with Crippen molar-refractivity contribution in [2.45, 2.75) is 31.6 Å². The van der Waals surface area contributed by atoms with Crippen LogP contribution < -0.4 is 10.6 Å². The minimum atomic E-state index is -0.478. The predicted molar refractivity (Wildman–Crippen MR) is 102 cm³/mol. The van der Waals surface area contributed by atoms with Gasteiger partial charge in [0, 0.05) is 36.8 Å². The lowest BCUT2D eigenvalue weighted by atomic mass is 9.90. The molecule has 2 aliphatic rings. The monoisotopic (exact) mass is 385 g/mol. The minimum absolute atomic E-state index is 0.0352. The van der Waals surface area contributed by atoms with Crippen LogP contribution >= 0.6 is 0 Å². The third-order valence-corrected chi connectivity index (χ3v) is 5.36. The molecule has 1 unspecified atom stereocenters. The minimum Gasteiger partial charge on any atom is -0.326 e. The molecule has 1 atom stereocenters. The van der Waals surface area contributed by atoms with E-state index in [1.165, 1.54) is 6.07 Å². The smallest absolute Gasteiger partial charge is 0.321 e. The standard InChI is InChI=1S/C21H21F2N3O2/c22-15-5-7-18(23)17(10-15)14-2-1-9-26(12-14)21(28)24-16-6-3-13-4-8-20(27)25-19(13)11-16/h3,5-7,10-11,14H,1-2,4,8-9,12H2,(H,24,28)(H,25,27). The van der Waals surface area contributed by atoms with E-state index in [1.54, 1.807) is 11.0 Å². The third kappa shape index (κ3) is 3.83. The van der Waals surface area contributed by atoms with E-state index in [9.17, 15) is 18.4 Å². The molecule has 0 saturated carbocycles. The molecule has 0 aromatic heterocycles. The highest BCUT2D eigenvalue weighted by Crippen LogP contribution is 2.30. The number of nitrogens with zero attached hydrogens (tertiary/aromatic N) is 1. The maximum atomic E-state index is 14.1. The van der Waals surface area contributed by atoms with Crippen molar-refractivity contribution in [1.82, 2.24) is 4.90 Å². The molecular formula is C21H21F2N3O2. The van der Waals surface area contributed by atoms with Crippen LogP contribution in [-0.4, -0.2) is 29.9 Å². The highest BCUT2D eigenvalue weighted by molar-refractivity contribution is 5.96. The predicted octanol–water partition coefficient (Wildman–Crippen LogP) is 4.26. The molecular weight excluding hydrogens is 364 g/mol. The topological polar surface area (TPSA) is 61.4 Å². The number of likely N-dealkylation sites (tertiary alicyclic amines) is 1. The quantitative estimate of drug-likeness (QED) is 0.811. The van der Waals surface area contributed by atoms with Gasteiger partial charge in [0.05, 0.1) is 0 Å². The van der Waals surface area contributed by atoms with Gasteiger partial charge in [-0.2, -0.15) is 0 Å². The van der Waals surface area contributed by atoms with Gasteiger partial charge in [0.1, 0.15) is 11.6 Å². The maximum Gasteiger partial charge on any atom is 0.321 e. The first-order chi connectivity index (χ1) is 13.5. The number of hydrogen-bond acceptors (Lipinski definition) is 2. The number of amides is 3. The number of aryl methyl sites for hydroxylation is 1. The molecule has 1 saturated heterocycles. The Morgan fingerprint density at radius 2 is 2.00 bits per heavy atom. The zero-order valence-corrected chi connectivity index (χ0v) is 15.3. The Morgan fingerprint density at radius 1 is 1.14 bits per heavy atom. The van der Waals surface area contributed by atoms with Crippen LogP contribution in [0.2, 0.25) is 0 Å². The van der Waals surface area contributed by atoms with Crippen molar-refractivity contribution in [3.05, 3.63) is 59.2 Å². The molecule has 2 aliphatic heterocycles. The number of nitrogens with one attached hydrogen (secondary N) is 2. The van der Waals surface area contributed by atoms with E-state index >= 15 is 0 Å². The van der Waals surface area contributed by atoms with Crippen LogP contribution in [0.25, 0.3) is 0 Å². The number of halogens is 2. The summed E-state index contributed by atoms with van der Waals surface area (Å²) < 4.78 is 27.6. The Kier molecular flexibility index (Phi) is 4.98. The Hall–Kier alpha value is -2.96. The van der Waals surface area contributed by atoms with Crippen molar-refractivity contribution in [3.63, 3.8) is 0 Å². The molecule has 3 amide bonds. The van der Waals surface area contributed by atoms with E-state index in [0.717, 1.165) is 17.7 Å². The molecule has 146 valence electrons. The normalized spacial score (nSPS) is 19.0. The summed E-state index contributed by atoms with van der Waals surface area (Å²) in [5, 5.41) is 5.65. The lowest BCUT2D eigenvalue weighted by Gasteiger charge is -2.33. The van der Waals surface area contributed by atoms with E-state index in [4.69, 9.17) is 0 Å². The summed E-state index contributed by atoms with van der Waals surface area (Å²) in [6.07, 6.45) is 2.57. The highest BCUT2D eigenvalue weighted by Gasteiger charge is 2.27. The van der Waals surface area contributed by atoms with E-state index < -0.39 is 11.6 Å². The van der Waals surface area contributed by atoms with Crippen molar-refractivity contribution < 1.29 is 18.4 Å². The number of carbonyl (C=O) groups excluding carboxylic acids is 2. The molecule has 2 aromatic rings. The summed E-state index contributed by atoms with van der Waals surface area (Å²) in [6.45, 7) is 0.884.